The Hall–Kier alpha value is -2.22. The number of rotatable bonds is 5. The van der Waals surface area contributed by atoms with Crippen molar-refractivity contribution in [1.82, 2.24) is 0 Å². The van der Waals surface area contributed by atoms with Crippen LogP contribution in [-0.2, 0) is 10.0 Å². The standard InChI is InChI=1S/C14H12F3NO3S/c1-9-8-10(15)6-7-13(9)22(19,20)18-11-4-2-3-5-12(11)21-14(16)17/h2-8,14,18H,1H3. The maximum absolute atomic E-state index is 13.1. The third-order valence-electron chi connectivity index (χ3n) is 2.77. The van der Waals surface area contributed by atoms with Crippen molar-refractivity contribution in [3.63, 3.8) is 0 Å². The van der Waals surface area contributed by atoms with Crippen molar-refractivity contribution in [3.05, 3.63) is 53.8 Å². The van der Waals surface area contributed by atoms with Crippen molar-refractivity contribution in [2.45, 2.75) is 18.4 Å². The molecule has 118 valence electrons. The zero-order chi connectivity index (χ0) is 16.3. The average molecular weight is 331 g/mol. The second kappa shape index (κ2) is 6.27. The van der Waals surface area contributed by atoms with Crippen LogP contribution < -0.4 is 9.46 Å². The lowest BCUT2D eigenvalue weighted by atomic mass is 10.2. The Morgan fingerprint density at radius 1 is 1.14 bits per heavy atom. The second-order valence-electron chi connectivity index (χ2n) is 4.39. The zero-order valence-corrected chi connectivity index (χ0v) is 12.2. The first-order valence-electron chi connectivity index (χ1n) is 6.12. The van der Waals surface area contributed by atoms with Crippen LogP contribution in [0.4, 0.5) is 18.9 Å². The third-order valence-corrected chi connectivity index (χ3v) is 4.30. The van der Waals surface area contributed by atoms with Gasteiger partial charge in [-0.3, -0.25) is 4.72 Å². The highest BCUT2D eigenvalue weighted by Crippen LogP contribution is 2.28. The molecule has 0 aromatic heterocycles. The lowest BCUT2D eigenvalue weighted by molar-refractivity contribution is -0.0493. The Bertz CT molecular complexity index is 779. The van der Waals surface area contributed by atoms with Gasteiger partial charge in [0.05, 0.1) is 10.6 Å². The summed E-state index contributed by atoms with van der Waals surface area (Å²) >= 11 is 0. The number of nitrogens with one attached hydrogen (secondary N) is 1. The number of sulfonamides is 1. The molecule has 1 N–H and O–H groups in total. The van der Waals surface area contributed by atoms with E-state index >= 15 is 0 Å². The van der Waals surface area contributed by atoms with Crippen LogP contribution in [0.1, 0.15) is 5.56 Å². The van der Waals surface area contributed by atoms with E-state index in [9.17, 15) is 21.6 Å². The molecule has 0 saturated heterocycles. The predicted octanol–water partition coefficient (Wildman–Crippen LogP) is 3.54. The number of anilines is 1. The van der Waals surface area contributed by atoms with Gasteiger partial charge in [-0.25, -0.2) is 12.8 Å². The fourth-order valence-electron chi connectivity index (χ4n) is 1.86. The van der Waals surface area contributed by atoms with E-state index in [-0.39, 0.29) is 21.9 Å². The number of alkyl halides is 2. The van der Waals surface area contributed by atoms with Crippen LogP contribution in [-0.4, -0.2) is 15.0 Å². The Kier molecular flexibility index (Phi) is 4.60. The van der Waals surface area contributed by atoms with E-state index in [2.05, 4.69) is 9.46 Å². The molecular weight excluding hydrogens is 319 g/mol. The van der Waals surface area contributed by atoms with Crippen molar-refractivity contribution in [2.24, 2.45) is 0 Å². The van der Waals surface area contributed by atoms with E-state index in [1.807, 2.05) is 0 Å². The maximum Gasteiger partial charge on any atom is 0.387 e. The highest BCUT2D eigenvalue weighted by molar-refractivity contribution is 7.92. The molecule has 4 nitrogen and oxygen atoms in total. The summed E-state index contributed by atoms with van der Waals surface area (Å²) in [6, 6.07) is 8.56. The summed E-state index contributed by atoms with van der Waals surface area (Å²) in [6.07, 6.45) is 0. The molecule has 0 fully saturated rings. The van der Waals surface area contributed by atoms with Gasteiger partial charge in [0.15, 0.2) is 0 Å². The second-order valence-corrected chi connectivity index (χ2v) is 6.04. The molecule has 0 radical (unpaired) electrons. The Labute approximate surface area is 125 Å². The van der Waals surface area contributed by atoms with Crippen LogP contribution in [0.3, 0.4) is 0 Å². The number of halogens is 3. The van der Waals surface area contributed by atoms with Gasteiger partial charge in [-0.05, 0) is 42.8 Å². The summed E-state index contributed by atoms with van der Waals surface area (Å²) in [7, 11) is -4.06. The molecule has 0 atom stereocenters. The first kappa shape index (κ1) is 16.2. The van der Waals surface area contributed by atoms with Gasteiger partial charge in [-0.15, -0.1) is 0 Å². The van der Waals surface area contributed by atoms with Crippen molar-refractivity contribution >= 4 is 15.7 Å². The van der Waals surface area contributed by atoms with Crippen LogP contribution in [0.25, 0.3) is 0 Å². The van der Waals surface area contributed by atoms with E-state index in [0.717, 1.165) is 18.2 Å². The van der Waals surface area contributed by atoms with Gasteiger partial charge in [-0.2, -0.15) is 8.78 Å². The van der Waals surface area contributed by atoms with E-state index in [0.29, 0.717) is 0 Å². The Morgan fingerprint density at radius 2 is 1.82 bits per heavy atom. The molecule has 0 aliphatic carbocycles. The van der Waals surface area contributed by atoms with Crippen molar-refractivity contribution in [1.29, 1.82) is 0 Å². The molecule has 2 aromatic rings. The van der Waals surface area contributed by atoms with Gasteiger partial charge < -0.3 is 4.74 Å². The monoisotopic (exact) mass is 331 g/mol. The molecule has 0 heterocycles. The smallest absolute Gasteiger partial charge is 0.387 e. The largest absolute Gasteiger partial charge is 0.433 e. The number of hydrogen-bond donors (Lipinski definition) is 1. The van der Waals surface area contributed by atoms with E-state index in [1.54, 1.807) is 0 Å². The van der Waals surface area contributed by atoms with Crippen LogP contribution in [0.5, 0.6) is 5.75 Å². The molecule has 0 spiro atoms. The number of hydrogen-bond acceptors (Lipinski definition) is 3. The summed E-state index contributed by atoms with van der Waals surface area (Å²) in [5.74, 6) is -0.876. The molecule has 0 amide bonds. The molecule has 0 aliphatic rings. The maximum atomic E-state index is 13.1. The van der Waals surface area contributed by atoms with Crippen LogP contribution in [0, 0.1) is 12.7 Å². The molecule has 0 saturated carbocycles. The third kappa shape index (κ3) is 3.70. The molecule has 2 aromatic carbocycles. The van der Waals surface area contributed by atoms with Crippen molar-refractivity contribution in [3.8, 4) is 5.75 Å². The summed E-state index contributed by atoms with van der Waals surface area (Å²) < 4.78 is 68.7. The topological polar surface area (TPSA) is 55.4 Å². The van der Waals surface area contributed by atoms with E-state index in [1.165, 1.54) is 31.2 Å². The lowest BCUT2D eigenvalue weighted by Gasteiger charge is -2.14. The van der Waals surface area contributed by atoms with Gasteiger partial charge in [0.2, 0.25) is 0 Å². The normalized spacial score (nSPS) is 11.5. The van der Waals surface area contributed by atoms with Crippen molar-refractivity contribution < 1.29 is 26.3 Å². The highest BCUT2D eigenvalue weighted by Gasteiger charge is 2.20. The van der Waals surface area contributed by atoms with Gasteiger partial charge in [0.25, 0.3) is 10.0 Å². The summed E-state index contributed by atoms with van der Waals surface area (Å²) in [4.78, 5) is -0.152. The molecule has 0 unspecified atom stereocenters. The minimum atomic E-state index is -4.06. The SMILES string of the molecule is Cc1cc(F)ccc1S(=O)(=O)Nc1ccccc1OC(F)F. The summed E-state index contributed by atoms with van der Waals surface area (Å²) in [6.45, 7) is -1.66. The predicted molar refractivity (Wildman–Crippen MR) is 75.0 cm³/mol. The molecule has 8 heteroatoms. The number of ether oxygens (including phenoxy) is 1. The van der Waals surface area contributed by atoms with Gasteiger partial charge in [0.1, 0.15) is 11.6 Å². The molecule has 0 bridgehead atoms. The summed E-state index contributed by atoms with van der Waals surface area (Å²) in [5, 5.41) is 0. The molecule has 0 aliphatic heterocycles. The Balaban J connectivity index is 2.37. The number of para-hydroxylation sites is 2. The quantitative estimate of drug-likeness (QED) is 0.912. The fraction of sp³-hybridized carbons (Fsp3) is 0.143. The van der Waals surface area contributed by atoms with Crippen LogP contribution in [0.2, 0.25) is 0 Å². The zero-order valence-electron chi connectivity index (χ0n) is 11.4. The molecular formula is C14H12F3NO3S. The van der Waals surface area contributed by atoms with E-state index in [4.69, 9.17) is 0 Å². The Morgan fingerprint density at radius 3 is 2.45 bits per heavy atom. The minimum Gasteiger partial charge on any atom is -0.433 e. The molecule has 22 heavy (non-hydrogen) atoms. The van der Waals surface area contributed by atoms with Crippen LogP contribution in [0.15, 0.2) is 47.4 Å². The van der Waals surface area contributed by atoms with Gasteiger partial charge in [-0.1, -0.05) is 12.1 Å². The lowest BCUT2D eigenvalue weighted by Crippen LogP contribution is -2.15. The number of aryl methyl sites for hydroxylation is 1. The molecule has 2 rings (SSSR count). The van der Waals surface area contributed by atoms with Crippen LogP contribution >= 0.6 is 0 Å². The number of benzene rings is 2. The highest BCUT2D eigenvalue weighted by atomic mass is 32.2. The van der Waals surface area contributed by atoms with Gasteiger partial charge in [0, 0.05) is 0 Å². The fourth-order valence-corrected chi connectivity index (χ4v) is 3.16. The summed E-state index contributed by atoms with van der Waals surface area (Å²) in [5.41, 5.74) is 0.0614. The first-order valence-corrected chi connectivity index (χ1v) is 7.61. The van der Waals surface area contributed by atoms with Crippen molar-refractivity contribution in [2.75, 3.05) is 4.72 Å². The minimum absolute atomic E-state index is 0.133. The first-order chi connectivity index (χ1) is 10.3. The van der Waals surface area contributed by atoms with E-state index < -0.39 is 22.5 Å². The van der Waals surface area contributed by atoms with Gasteiger partial charge >= 0.3 is 6.61 Å². The average Bonchev–Trinajstić information content (AvgIpc) is 2.39.